The molecule has 0 spiro atoms. The number of fused-ring (bicyclic) bond motifs is 1. The van der Waals surface area contributed by atoms with Gasteiger partial charge in [0.25, 0.3) is 0 Å². The summed E-state index contributed by atoms with van der Waals surface area (Å²) in [5.74, 6) is -2.33. The van der Waals surface area contributed by atoms with E-state index in [1.165, 1.54) is 0 Å². The highest BCUT2D eigenvalue weighted by atomic mass is 16.6. The fourth-order valence-electron chi connectivity index (χ4n) is 6.36. The van der Waals surface area contributed by atoms with Crippen LogP contribution in [0.25, 0.3) is 0 Å². The maximum absolute atomic E-state index is 13.4. The van der Waals surface area contributed by atoms with Crippen molar-refractivity contribution in [1.82, 2.24) is 4.90 Å². The van der Waals surface area contributed by atoms with Gasteiger partial charge in [0.1, 0.15) is 17.8 Å². The van der Waals surface area contributed by atoms with E-state index in [-0.39, 0.29) is 41.7 Å². The Kier molecular flexibility index (Phi) is 5.09. The van der Waals surface area contributed by atoms with Crippen molar-refractivity contribution in [1.29, 1.82) is 0 Å². The molecule has 2 heterocycles. The Morgan fingerprint density at radius 1 is 1.16 bits per heavy atom. The number of esters is 3. The fourth-order valence-corrected chi connectivity index (χ4v) is 6.36. The Bertz CT molecular complexity index is 764. The molecule has 5 fully saturated rings. The van der Waals surface area contributed by atoms with Gasteiger partial charge < -0.3 is 18.9 Å². The van der Waals surface area contributed by atoms with Crippen LogP contribution in [0.2, 0.25) is 0 Å². The van der Waals surface area contributed by atoms with Crippen LogP contribution in [-0.4, -0.2) is 73.5 Å². The Morgan fingerprint density at radius 2 is 1.87 bits per heavy atom. The molecule has 0 radical (unpaired) electrons. The summed E-state index contributed by atoms with van der Waals surface area (Å²) < 4.78 is 22.9. The smallest absolute Gasteiger partial charge is 0.320 e. The van der Waals surface area contributed by atoms with E-state index in [0.717, 1.165) is 19.3 Å². The maximum Gasteiger partial charge on any atom is 0.320 e. The first kappa shape index (κ1) is 21.2. The van der Waals surface area contributed by atoms with Crippen molar-refractivity contribution in [2.75, 3.05) is 32.8 Å². The highest BCUT2D eigenvalue weighted by Gasteiger charge is 2.70. The molecule has 8 heteroatoms. The van der Waals surface area contributed by atoms with Crippen molar-refractivity contribution < 1.29 is 33.3 Å². The van der Waals surface area contributed by atoms with Crippen molar-refractivity contribution in [2.24, 2.45) is 29.1 Å². The van der Waals surface area contributed by atoms with Gasteiger partial charge in [0.15, 0.2) is 0 Å². The number of carbonyl (C=O) groups is 3. The zero-order valence-electron chi connectivity index (χ0n) is 18.6. The number of morpholine rings is 1. The van der Waals surface area contributed by atoms with E-state index in [0.29, 0.717) is 32.7 Å². The lowest BCUT2D eigenvalue weighted by molar-refractivity contribution is -0.201. The van der Waals surface area contributed by atoms with Crippen LogP contribution in [0.1, 0.15) is 46.5 Å². The van der Waals surface area contributed by atoms with E-state index in [1.54, 1.807) is 0 Å². The largest absolute Gasteiger partial charge is 0.458 e. The summed E-state index contributed by atoms with van der Waals surface area (Å²) in [6.45, 7) is 9.05. The van der Waals surface area contributed by atoms with Crippen LogP contribution in [0.5, 0.6) is 0 Å². The molecule has 8 nitrogen and oxygen atoms in total. The van der Waals surface area contributed by atoms with Gasteiger partial charge in [-0.25, -0.2) is 0 Å². The second-order valence-electron chi connectivity index (χ2n) is 10.9. The summed E-state index contributed by atoms with van der Waals surface area (Å²) in [7, 11) is 0. The number of hydrogen-bond donors (Lipinski definition) is 0. The van der Waals surface area contributed by atoms with Crippen molar-refractivity contribution in [2.45, 2.75) is 64.3 Å². The molecule has 6 atom stereocenters. The minimum atomic E-state index is -0.586. The quantitative estimate of drug-likeness (QED) is 0.475. The number of rotatable bonds is 5. The molecule has 6 unspecified atom stereocenters. The molecular weight excluding hydrogens is 402 g/mol. The van der Waals surface area contributed by atoms with E-state index in [4.69, 9.17) is 18.9 Å². The fraction of sp³-hybridized carbons (Fsp3) is 0.870. The van der Waals surface area contributed by atoms with Crippen molar-refractivity contribution in [3.05, 3.63) is 0 Å². The lowest BCUT2D eigenvalue weighted by atomic mass is 9.64. The van der Waals surface area contributed by atoms with Gasteiger partial charge in [0.05, 0.1) is 31.6 Å². The van der Waals surface area contributed by atoms with Crippen LogP contribution in [0.4, 0.5) is 0 Å². The molecule has 3 aliphatic carbocycles. The molecule has 3 saturated carbocycles. The highest BCUT2D eigenvalue weighted by Crippen LogP contribution is 2.60. The number of carbonyl (C=O) groups excluding carboxylic acids is 3. The van der Waals surface area contributed by atoms with Gasteiger partial charge in [-0.05, 0) is 25.7 Å². The summed E-state index contributed by atoms with van der Waals surface area (Å²) in [6, 6.07) is 0. The molecule has 0 amide bonds. The monoisotopic (exact) mass is 435 g/mol. The summed E-state index contributed by atoms with van der Waals surface area (Å²) in [5, 5.41) is 0. The van der Waals surface area contributed by atoms with E-state index in [9.17, 15) is 14.4 Å². The first-order chi connectivity index (χ1) is 14.7. The SMILES string of the molecule is CC(C)(C)C1(OC(=O)C2C3CC4C(OC(=O)C42)C3OC(=O)CN2CCOCC2)CCC1. The summed E-state index contributed by atoms with van der Waals surface area (Å²) in [5.41, 5.74) is -0.641. The predicted molar refractivity (Wildman–Crippen MR) is 108 cm³/mol. The normalized spacial score (nSPS) is 38.5. The zero-order valence-corrected chi connectivity index (χ0v) is 18.6. The Hall–Kier alpha value is -1.67. The second-order valence-corrected chi connectivity index (χ2v) is 10.9. The van der Waals surface area contributed by atoms with Crippen LogP contribution in [0.15, 0.2) is 0 Å². The third-order valence-corrected chi connectivity index (χ3v) is 8.37. The summed E-state index contributed by atoms with van der Waals surface area (Å²) in [6.07, 6.45) is 2.40. The first-order valence-corrected chi connectivity index (χ1v) is 11.6. The zero-order chi connectivity index (χ0) is 22.0. The lowest BCUT2D eigenvalue weighted by Gasteiger charge is -2.51. The van der Waals surface area contributed by atoms with Gasteiger partial charge in [-0.3, -0.25) is 19.3 Å². The molecule has 0 N–H and O–H groups in total. The topological polar surface area (TPSA) is 91.4 Å². The Balaban J connectivity index is 1.30. The molecule has 5 aliphatic rings. The van der Waals surface area contributed by atoms with Gasteiger partial charge in [0.2, 0.25) is 0 Å². The molecule has 2 bridgehead atoms. The molecule has 0 aromatic carbocycles. The third kappa shape index (κ3) is 3.37. The minimum absolute atomic E-state index is 0.0665. The highest BCUT2D eigenvalue weighted by molar-refractivity contribution is 5.86. The molecule has 0 aromatic rings. The molecule has 2 aliphatic heterocycles. The maximum atomic E-state index is 13.4. The molecule has 2 saturated heterocycles. The van der Waals surface area contributed by atoms with Crippen LogP contribution < -0.4 is 0 Å². The Morgan fingerprint density at radius 3 is 2.48 bits per heavy atom. The van der Waals surface area contributed by atoms with Crippen LogP contribution >= 0.6 is 0 Å². The van der Waals surface area contributed by atoms with Gasteiger partial charge in [-0.1, -0.05) is 20.8 Å². The summed E-state index contributed by atoms with van der Waals surface area (Å²) >= 11 is 0. The van der Waals surface area contributed by atoms with E-state index in [2.05, 4.69) is 20.8 Å². The Labute approximate surface area is 182 Å². The van der Waals surface area contributed by atoms with Crippen LogP contribution in [-0.2, 0) is 33.3 Å². The average molecular weight is 436 g/mol. The molecule has 172 valence electrons. The van der Waals surface area contributed by atoms with Crippen molar-refractivity contribution in [3.8, 4) is 0 Å². The first-order valence-electron chi connectivity index (χ1n) is 11.6. The molecule has 31 heavy (non-hydrogen) atoms. The number of hydrogen-bond acceptors (Lipinski definition) is 8. The summed E-state index contributed by atoms with van der Waals surface area (Å²) in [4.78, 5) is 40.6. The molecule has 5 rings (SSSR count). The molecular formula is C23H33NO7. The van der Waals surface area contributed by atoms with E-state index in [1.807, 2.05) is 4.90 Å². The van der Waals surface area contributed by atoms with Crippen molar-refractivity contribution >= 4 is 17.9 Å². The number of ether oxygens (including phenoxy) is 4. The van der Waals surface area contributed by atoms with Crippen LogP contribution in [0, 0.1) is 29.1 Å². The minimum Gasteiger partial charge on any atom is -0.458 e. The van der Waals surface area contributed by atoms with Gasteiger partial charge in [-0.15, -0.1) is 0 Å². The lowest BCUT2D eigenvalue weighted by Crippen LogP contribution is -2.54. The number of nitrogens with zero attached hydrogens (tertiary/aromatic N) is 1. The standard InChI is InChI=1S/C23H33NO7/c1-22(2,3)23(5-4-6-23)31-21(27)17-14-11-13-16(17)20(26)30-19(13)18(14)29-15(25)12-24-7-9-28-10-8-24/h13-14,16-19H,4-12H2,1-3H3. The second kappa shape index (κ2) is 7.44. The van der Waals surface area contributed by atoms with Gasteiger partial charge in [0, 0.05) is 30.3 Å². The van der Waals surface area contributed by atoms with Gasteiger partial charge in [-0.2, -0.15) is 0 Å². The van der Waals surface area contributed by atoms with E-state index < -0.39 is 29.6 Å². The van der Waals surface area contributed by atoms with Gasteiger partial charge >= 0.3 is 17.9 Å². The van der Waals surface area contributed by atoms with Crippen LogP contribution in [0.3, 0.4) is 0 Å². The average Bonchev–Trinajstić information content (AvgIpc) is 3.28. The van der Waals surface area contributed by atoms with Crippen molar-refractivity contribution in [3.63, 3.8) is 0 Å². The van der Waals surface area contributed by atoms with E-state index >= 15 is 0 Å². The molecule has 0 aromatic heterocycles. The predicted octanol–water partition coefficient (Wildman–Crippen LogP) is 1.55. The third-order valence-electron chi connectivity index (χ3n) is 8.37.